The Hall–Kier alpha value is -1.61. The Balaban J connectivity index is 0.00000392. The maximum Gasteiger partial charge on any atom is 0.213 e. The second kappa shape index (κ2) is 12.8. The van der Waals surface area contributed by atoms with Crippen LogP contribution in [0.1, 0.15) is 44.4 Å². The fourth-order valence-electron chi connectivity index (χ4n) is 2.44. The summed E-state index contributed by atoms with van der Waals surface area (Å²) in [6, 6.07) is 10.4. The van der Waals surface area contributed by atoms with Gasteiger partial charge in [0.1, 0.15) is 5.76 Å². The maximum absolute atomic E-state index is 5.77. The van der Waals surface area contributed by atoms with Crippen LogP contribution in [-0.4, -0.2) is 37.7 Å². The van der Waals surface area contributed by atoms with Gasteiger partial charge in [-0.2, -0.15) is 0 Å². The molecule has 0 saturated carbocycles. The van der Waals surface area contributed by atoms with Gasteiger partial charge >= 0.3 is 0 Å². The summed E-state index contributed by atoms with van der Waals surface area (Å²) in [6.45, 7) is 9.09. The van der Waals surface area contributed by atoms with Crippen LogP contribution in [0.5, 0.6) is 0 Å². The smallest absolute Gasteiger partial charge is 0.213 e. The van der Waals surface area contributed by atoms with Gasteiger partial charge in [-0.05, 0) is 18.4 Å². The monoisotopic (exact) mass is 500 g/mol. The minimum absolute atomic E-state index is 0. The van der Waals surface area contributed by atoms with Crippen LogP contribution < -0.4 is 10.6 Å². The molecule has 0 unspecified atom stereocenters. The average molecular weight is 500 g/mol. The predicted molar refractivity (Wildman–Crippen MR) is 124 cm³/mol. The van der Waals surface area contributed by atoms with Gasteiger partial charge in [0.25, 0.3) is 0 Å². The molecule has 2 N–H and O–H groups in total. The number of nitrogens with zero attached hydrogens (tertiary/aromatic N) is 2. The molecule has 0 atom stereocenters. The number of guanidine groups is 1. The lowest BCUT2D eigenvalue weighted by Gasteiger charge is -2.13. The molecule has 7 heteroatoms. The van der Waals surface area contributed by atoms with E-state index < -0.39 is 0 Å². The molecule has 2 rings (SSSR count). The molecule has 1 heterocycles. The van der Waals surface area contributed by atoms with Gasteiger partial charge < -0.3 is 19.8 Å². The molecule has 0 bridgehead atoms. The molecule has 6 nitrogen and oxygen atoms in total. The van der Waals surface area contributed by atoms with Crippen molar-refractivity contribution in [1.29, 1.82) is 0 Å². The predicted octanol–water partition coefficient (Wildman–Crippen LogP) is 3.90. The van der Waals surface area contributed by atoms with E-state index in [2.05, 4.69) is 65.6 Å². The normalized spacial score (nSPS) is 11.8. The number of aromatic nitrogens is 1. The number of hydrogen-bond acceptors (Lipinski definition) is 4. The van der Waals surface area contributed by atoms with Gasteiger partial charge in [0, 0.05) is 25.6 Å². The quantitative estimate of drug-likeness (QED) is 0.237. The SMILES string of the molecule is CN=C(NCCCOCCc1ccccc1)NCc1ncc(C(C)(C)C)o1.I. The van der Waals surface area contributed by atoms with Crippen molar-refractivity contribution in [2.45, 2.75) is 45.6 Å². The Morgan fingerprint density at radius 2 is 1.89 bits per heavy atom. The maximum atomic E-state index is 5.77. The summed E-state index contributed by atoms with van der Waals surface area (Å²) in [5, 5.41) is 6.49. The van der Waals surface area contributed by atoms with Gasteiger partial charge in [0.2, 0.25) is 5.89 Å². The van der Waals surface area contributed by atoms with E-state index in [1.165, 1.54) is 5.56 Å². The van der Waals surface area contributed by atoms with Gasteiger partial charge in [-0.25, -0.2) is 4.98 Å². The van der Waals surface area contributed by atoms with Crippen LogP contribution >= 0.6 is 24.0 Å². The summed E-state index contributed by atoms with van der Waals surface area (Å²) in [6.07, 6.45) is 3.66. The largest absolute Gasteiger partial charge is 0.443 e. The highest BCUT2D eigenvalue weighted by Crippen LogP contribution is 2.22. The first kappa shape index (κ1) is 24.4. The molecule has 0 aliphatic rings. The molecule has 2 aromatic rings. The van der Waals surface area contributed by atoms with E-state index in [9.17, 15) is 0 Å². The van der Waals surface area contributed by atoms with Crippen molar-refractivity contribution in [2.75, 3.05) is 26.8 Å². The summed E-state index contributed by atoms with van der Waals surface area (Å²) in [5.74, 6) is 2.27. The molecule has 0 aliphatic carbocycles. The second-order valence-corrected chi connectivity index (χ2v) is 7.42. The van der Waals surface area contributed by atoms with Crippen molar-refractivity contribution >= 4 is 29.9 Å². The number of nitrogens with one attached hydrogen (secondary N) is 2. The van der Waals surface area contributed by atoms with Crippen molar-refractivity contribution in [3.05, 3.63) is 53.7 Å². The summed E-state index contributed by atoms with van der Waals surface area (Å²) in [4.78, 5) is 8.53. The molecule has 0 aliphatic heterocycles. The highest BCUT2D eigenvalue weighted by molar-refractivity contribution is 14.0. The first-order valence-corrected chi connectivity index (χ1v) is 9.50. The van der Waals surface area contributed by atoms with E-state index in [1.54, 1.807) is 13.2 Å². The first-order chi connectivity index (χ1) is 13.0. The number of benzene rings is 1. The van der Waals surface area contributed by atoms with E-state index in [0.717, 1.165) is 44.3 Å². The Labute approximate surface area is 185 Å². The molecule has 0 spiro atoms. The second-order valence-electron chi connectivity index (χ2n) is 7.42. The third-order valence-electron chi connectivity index (χ3n) is 4.06. The Morgan fingerprint density at radius 1 is 1.14 bits per heavy atom. The highest BCUT2D eigenvalue weighted by atomic mass is 127. The molecule has 156 valence electrons. The number of ether oxygens (including phenoxy) is 1. The van der Waals surface area contributed by atoms with Crippen LogP contribution in [0.25, 0.3) is 0 Å². The van der Waals surface area contributed by atoms with E-state index in [-0.39, 0.29) is 29.4 Å². The van der Waals surface area contributed by atoms with E-state index in [1.807, 2.05) is 6.07 Å². The lowest BCUT2D eigenvalue weighted by atomic mass is 9.94. The molecule has 0 amide bonds. The molecule has 28 heavy (non-hydrogen) atoms. The minimum atomic E-state index is -0.0360. The molecular weight excluding hydrogens is 467 g/mol. The zero-order valence-electron chi connectivity index (χ0n) is 17.3. The standard InChI is InChI=1S/C21H32N4O2.HI/c1-21(2,3)18-15-24-19(27-18)16-25-20(22-4)23-12-8-13-26-14-11-17-9-6-5-7-10-17;/h5-7,9-10,15H,8,11-14,16H2,1-4H3,(H2,22,23,25);1H. The summed E-state index contributed by atoms with van der Waals surface area (Å²) in [5.41, 5.74) is 1.27. The molecule has 1 aromatic heterocycles. The Bertz CT molecular complexity index is 696. The molecule has 1 aromatic carbocycles. The summed E-state index contributed by atoms with van der Waals surface area (Å²) < 4.78 is 11.5. The van der Waals surface area contributed by atoms with Crippen molar-refractivity contribution in [3.63, 3.8) is 0 Å². The van der Waals surface area contributed by atoms with Gasteiger partial charge in [-0.3, -0.25) is 4.99 Å². The first-order valence-electron chi connectivity index (χ1n) is 9.50. The Morgan fingerprint density at radius 3 is 2.54 bits per heavy atom. The number of halogens is 1. The molecule has 0 saturated heterocycles. The van der Waals surface area contributed by atoms with E-state index in [4.69, 9.17) is 9.15 Å². The summed E-state index contributed by atoms with van der Waals surface area (Å²) >= 11 is 0. The number of aliphatic imine (C=N–C) groups is 1. The zero-order valence-corrected chi connectivity index (χ0v) is 19.7. The van der Waals surface area contributed by atoms with Crippen LogP contribution in [0.4, 0.5) is 0 Å². The van der Waals surface area contributed by atoms with Crippen molar-refractivity contribution in [2.24, 2.45) is 4.99 Å². The van der Waals surface area contributed by atoms with Crippen molar-refractivity contribution in [1.82, 2.24) is 15.6 Å². The molecule has 0 fully saturated rings. The third-order valence-corrected chi connectivity index (χ3v) is 4.06. The van der Waals surface area contributed by atoms with E-state index in [0.29, 0.717) is 12.4 Å². The number of hydrogen-bond donors (Lipinski definition) is 2. The zero-order chi connectivity index (χ0) is 19.5. The van der Waals surface area contributed by atoms with Gasteiger partial charge in [0.15, 0.2) is 5.96 Å². The molecular formula is C21H33IN4O2. The van der Waals surface area contributed by atoms with Gasteiger partial charge in [0.05, 0.1) is 19.3 Å². The number of rotatable bonds is 9. The average Bonchev–Trinajstić information content (AvgIpc) is 3.14. The minimum Gasteiger partial charge on any atom is -0.443 e. The fraction of sp³-hybridized carbons (Fsp3) is 0.524. The lowest BCUT2D eigenvalue weighted by Crippen LogP contribution is -2.37. The van der Waals surface area contributed by atoms with Gasteiger partial charge in [-0.1, -0.05) is 51.1 Å². The van der Waals surface area contributed by atoms with Crippen molar-refractivity contribution in [3.8, 4) is 0 Å². The van der Waals surface area contributed by atoms with Crippen LogP contribution in [-0.2, 0) is 23.1 Å². The molecule has 0 radical (unpaired) electrons. The van der Waals surface area contributed by atoms with Crippen LogP contribution in [0.15, 0.2) is 45.9 Å². The van der Waals surface area contributed by atoms with Crippen LogP contribution in [0.2, 0.25) is 0 Å². The van der Waals surface area contributed by atoms with Crippen LogP contribution in [0.3, 0.4) is 0 Å². The third kappa shape index (κ3) is 9.05. The topological polar surface area (TPSA) is 71.7 Å². The fourth-order valence-corrected chi connectivity index (χ4v) is 2.44. The highest BCUT2D eigenvalue weighted by Gasteiger charge is 2.19. The van der Waals surface area contributed by atoms with Crippen LogP contribution in [0, 0.1) is 0 Å². The summed E-state index contributed by atoms with van der Waals surface area (Å²) in [7, 11) is 1.75. The van der Waals surface area contributed by atoms with Crippen molar-refractivity contribution < 1.29 is 9.15 Å². The Kier molecular flexibility index (Phi) is 11.1. The lowest BCUT2D eigenvalue weighted by molar-refractivity contribution is 0.135. The van der Waals surface area contributed by atoms with E-state index >= 15 is 0 Å². The number of oxazole rings is 1. The van der Waals surface area contributed by atoms with Gasteiger partial charge in [-0.15, -0.1) is 24.0 Å².